The molecule has 0 spiro atoms. The van der Waals surface area contributed by atoms with E-state index in [0.717, 1.165) is 28.1 Å². The van der Waals surface area contributed by atoms with Gasteiger partial charge in [0, 0.05) is 6.04 Å². The highest BCUT2D eigenvalue weighted by atomic mass is 35.5. The summed E-state index contributed by atoms with van der Waals surface area (Å²) in [6.07, 6.45) is 5.16. The second-order valence-corrected chi connectivity index (χ2v) is 7.43. The molecule has 1 fully saturated rings. The summed E-state index contributed by atoms with van der Waals surface area (Å²) in [4.78, 5) is 4.47. The van der Waals surface area contributed by atoms with Crippen LogP contribution in [0.2, 0.25) is 5.02 Å². The van der Waals surface area contributed by atoms with Crippen LogP contribution < -0.4 is 5.32 Å². The highest BCUT2D eigenvalue weighted by Gasteiger charge is 2.25. The third-order valence-electron chi connectivity index (χ3n) is 4.46. The Kier molecular flexibility index (Phi) is 4.18. The number of rotatable bonds is 3. The molecule has 2 unspecified atom stereocenters. The first-order valence-corrected chi connectivity index (χ1v) is 8.69. The van der Waals surface area contributed by atoms with E-state index in [1.807, 2.05) is 11.6 Å². The van der Waals surface area contributed by atoms with Gasteiger partial charge in [0.05, 0.1) is 20.9 Å². The first-order chi connectivity index (χ1) is 9.65. The Bertz CT molecular complexity index is 593. The number of aromatic nitrogens is 1. The first-order valence-electron chi connectivity index (χ1n) is 7.43. The van der Waals surface area contributed by atoms with E-state index in [1.54, 1.807) is 11.3 Å². The van der Waals surface area contributed by atoms with Crippen molar-refractivity contribution in [3.05, 3.63) is 22.7 Å². The first kappa shape index (κ1) is 14.2. The van der Waals surface area contributed by atoms with E-state index >= 15 is 0 Å². The number of nitrogens with zero attached hydrogens (tertiary/aromatic N) is 1. The van der Waals surface area contributed by atoms with Crippen molar-refractivity contribution in [3.8, 4) is 0 Å². The molecule has 108 valence electrons. The normalized spacial score (nSPS) is 23.4. The average molecular weight is 309 g/mol. The van der Waals surface area contributed by atoms with E-state index in [1.165, 1.54) is 30.4 Å². The standard InChI is InChI=1S/C16H21ClN2S/c1-10(2)11-4-3-5-12(8-11)19-15-13(17)6-7-14-16(15)18-9-20-14/h6-7,9-12,19H,3-5,8H2,1-2H3. The summed E-state index contributed by atoms with van der Waals surface area (Å²) < 4.78 is 1.20. The van der Waals surface area contributed by atoms with Crippen LogP contribution in [0.25, 0.3) is 10.2 Å². The number of hydrogen-bond acceptors (Lipinski definition) is 3. The number of halogens is 1. The van der Waals surface area contributed by atoms with Gasteiger partial charge in [0.2, 0.25) is 0 Å². The molecule has 0 aliphatic heterocycles. The maximum absolute atomic E-state index is 6.38. The van der Waals surface area contributed by atoms with Gasteiger partial charge in [-0.05, 0) is 36.8 Å². The van der Waals surface area contributed by atoms with Gasteiger partial charge in [-0.15, -0.1) is 11.3 Å². The van der Waals surface area contributed by atoms with Crippen molar-refractivity contribution in [1.29, 1.82) is 0 Å². The summed E-state index contributed by atoms with van der Waals surface area (Å²) in [6.45, 7) is 4.67. The summed E-state index contributed by atoms with van der Waals surface area (Å²) in [7, 11) is 0. The second-order valence-electron chi connectivity index (χ2n) is 6.13. The Morgan fingerprint density at radius 3 is 3.00 bits per heavy atom. The van der Waals surface area contributed by atoms with E-state index in [0.29, 0.717) is 6.04 Å². The number of fused-ring (bicyclic) bond motifs is 1. The zero-order valence-corrected chi connectivity index (χ0v) is 13.6. The van der Waals surface area contributed by atoms with Gasteiger partial charge in [-0.1, -0.05) is 38.3 Å². The van der Waals surface area contributed by atoms with Crippen LogP contribution in [0.15, 0.2) is 17.6 Å². The van der Waals surface area contributed by atoms with E-state index < -0.39 is 0 Å². The molecule has 1 aliphatic rings. The highest BCUT2D eigenvalue weighted by molar-refractivity contribution is 7.16. The van der Waals surface area contributed by atoms with Gasteiger partial charge in [0.25, 0.3) is 0 Å². The number of nitrogens with one attached hydrogen (secondary N) is 1. The molecule has 1 heterocycles. The molecule has 0 amide bonds. The maximum atomic E-state index is 6.38. The SMILES string of the molecule is CC(C)C1CCCC(Nc2c(Cl)ccc3scnc23)C1. The van der Waals surface area contributed by atoms with Gasteiger partial charge in [-0.3, -0.25) is 0 Å². The molecule has 2 atom stereocenters. The third-order valence-corrected chi connectivity index (χ3v) is 5.57. The lowest BCUT2D eigenvalue weighted by molar-refractivity contribution is 0.264. The largest absolute Gasteiger partial charge is 0.379 e. The lowest BCUT2D eigenvalue weighted by atomic mass is 9.79. The van der Waals surface area contributed by atoms with E-state index in [9.17, 15) is 0 Å². The van der Waals surface area contributed by atoms with Gasteiger partial charge >= 0.3 is 0 Å². The molecule has 20 heavy (non-hydrogen) atoms. The Morgan fingerprint density at radius 1 is 1.35 bits per heavy atom. The average Bonchev–Trinajstić information content (AvgIpc) is 2.91. The third kappa shape index (κ3) is 2.79. The quantitative estimate of drug-likeness (QED) is 0.801. The summed E-state index contributed by atoms with van der Waals surface area (Å²) in [6, 6.07) is 4.56. The van der Waals surface area contributed by atoms with Crippen molar-refractivity contribution in [2.75, 3.05) is 5.32 Å². The number of anilines is 1. The van der Waals surface area contributed by atoms with Crippen LogP contribution in [-0.2, 0) is 0 Å². The minimum absolute atomic E-state index is 0.529. The minimum Gasteiger partial charge on any atom is -0.379 e. The summed E-state index contributed by atoms with van der Waals surface area (Å²) in [5.74, 6) is 1.60. The lowest BCUT2D eigenvalue weighted by Crippen LogP contribution is -2.29. The smallest absolute Gasteiger partial charge is 0.106 e. The van der Waals surface area contributed by atoms with Crippen molar-refractivity contribution < 1.29 is 0 Å². The van der Waals surface area contributed by atoms with Crippen LogP contribution in [-0.4, -0.2) is 11.0 Å². The summed E-state index contributed by atoms with van der Waals surface area (Å²) >= 11 is 8.05. The Hall–Kier alpha value is -0.800. The van der Waals surface area contributed by atoms with Gasteiger partial charge < -0.3 is 5.32 Å². The number of thiazole rings is 1. The van der Waals surface area contributed by atoms with Crippen LogP contribution in [0, 0.1) is 11.8 Å². The molecule has 3 rings (SSSR count). The van der Waals surface area contributed by atoms with Crippen molar-refractivity contribution in [2.45, 2.75) is 45.6 Å². The van der Waals surface area contributed by atoms with Gasteiger partial charge in [0.15, 0.2) is 0 Å². The molecule has 1 saturated carbocycles. The zero-order chi connectivity index (χ0) is 14.1. The van der Waals surface area contributed by atoms with E-state index in [2.05, 4.69) is 30.2 Å². The summed E-state index contributed by atoms with van der Waals surface area (Å²) in [5.41, 5.74) is 3.94. The topological polar surface area (TPSA) is 24.9 Å². The molecule has 0 radical (unpaired) electrons. The minimum atomic E-state index is 0.529. The predicted molar refractivity (Wildman–Crippen MR) is 88.8 cm³/mol. The second kappa shape index (κ2) is 5.90. The number of benzene rings is 1. The van der Waals surface area contributed by atoms with Crippen LogP contribution >= 0.6 is 22.9 Å². The Balaban J connectivity index is 1.82. The zero-order valence-electron chi connectivity index (χ0n) is 12.0. The molecule has 0 saturated heterocycles. The maximum Gasteiger partial charge on any atom is 0.106 e. The molecular weight excluding hydrogens is 288 g/mol. The van der Waals surface area contributed by atoms with Crippen molar-refractivity contribution in [3.63, 3.8) is 0 Å². The lowest BCUT2D eigenvalue weighted by Gasteiger charge is -2.32. The summed E-state index contributed by atoms with van der Waals surface area (Å²) in [5, 5.41) is 4.46. The predicted octanol–water partition coefficient (Wildman–Crippen LogP) is 5.58. The van der Waals surface area contributed by atoms with Crippen LogP contribution in [0.4, 0.5) is 5.69 Å². The Labute approximate surface area is 129 Å². The van der Waals surface area contributed by atoms with Crippen molar-refractivity contribution in [2.24, 2.45) is 11.8 Å². The monoisotopic (exact) mass is 308 g/mol. The molecule has 0 bridgehead atoms. The van der Waals surface area contributed by atoms with Gasteiger partial charge in [0.1, 0.15) is 5.52 Å². The van der Waals surface area contributed by atoms with Crippen LogP contribution in [0.1, 0.15) is 39.5 Å². The Morgan fingerprint density at radius 2 is 2.20 bits per heavy atom. The van der Waals surface area contributed by atoms with Crippen LogP contribution in [0.3, 0.4) is 0 Å². The molecule has 1 aromatic heterocycles. The molecule has 2 aromatic rings. The van der Waals surface area contributed by atoms with E-state index in [-0.39, 0.29) is 0 Å². The molecule has 1 N–H and O–H groups in total. The van der Waals surface area contributed by atoms with Gasteiger partial charge in [-0.25, -0.2) is 4.98 Å². The van der Waals surface area contributed by atoms with Crippen molar-refractivity contribution >= 4 is 38.8 Å². The molecule has 2 nitrogen and oxygen atoms in total. The fourth-order valence-electron chi connectivity index (χ4n) is 3.21. The van der Waals surface area contributed by atoms with Gasteiger partial charge in [-0.2, -0.15) is 0 Å². The fourth-order valence-corrected chi connectivity index (χ4v) is 4.10. The molecule has 4 heteroatoms. The number of hydrogen-bond donors (Lipinski definition) is 1. The van der Waals surface area contributed by atoms with Crippen molar-refractivity contribution in [1.82, 2.24) is 4.98 Å². The molecule has 1 aliphatic carbocycles. The fraction of sp³-hybridized carbons (Fsp3) is 0.562. The molecule has 1 aromatic carbocycles. The molecular formula is C16H21ClN2S. The van der Waals surface area contributed by atoms with Crippen LogP contribution in [0.5, 0.6) is 0 Å². The highest BCUT2D eigenvalue weighted by Crippen LogP contribution is 2.36. The van der Waals surface area contributed by atoms with E-state index in [4.69, 9.17) is 11.6 Å².